The highest BCUT2D eigenvalue weighted by Crippen LogP contribution is 2.23. The molecular weight excluding hydrogens is 276 g/mol. The number of hydrogen-bond acceptors (Lipinski definition) is 2. The molecule has 2 nitrogen and oxygen atoms in total. The molecule has 0 aliphatic carbocycles. The molecule has 1 heterocycles. The summed E-state index contributed by atoms with van der Waals surface area (Å²) < 4.78 is 1.14. The molecule has 0 saturated carbocycles. The van der Waals surface area contributed by atoms with E-state index >= 15 is 0 Å². The zero-order chi connectivity index (χ0) is 12.5. The first-order valence-electron chi connectivity index (χ1n) is 6.24. The molecular formula is C14H21BrN2. The Balaban J connectivity index is 2.17. The summed E-state index contributed by atoms with van der Waals surface area (Å²) in [6.07, 6.45) is 1.19. The van der Waals surface area contributed by atoms with E-state index in [0.29, 0.717) is 6.04 Å². The molecule has 1 aromatic carbocycles. The van der Waals surface area contributed by atoms with Gasteiger partial charge >= 0.3 is 0 Å². The van der Waals surface area contributed by atoms with E-state index in [0.717, 1.165) is 17.6 Å². The maximum atomic E-state index is 3.68. The van der Waals surface area contributed by atoms with Gasteiger partial charge in [0.05, 0.1) is 0 Å². The van der Waals surface area contributed by atoms with E-state index in [4.69, 9.17) is 0 Å². The van der Waals surface area contributed by atoms with Crippen molar-refractivity contribution in [1.29, 1.82) is 0 Å². The van der Waals surface area contributed by atoms with Gasteiger partial charge in [-0.25, -0.2) is 0 Å². The number of halogens is 1. The smallest absolute Gasteiger partial charge is 0.0367 e. The molecule has 1 N–H and O–H groups in total. The standard InChI is InChI=1S/C14H21BrN2/c1-11-8-9-17(10-14(2,3)16-11)13-6-4-12(15)5-7-13/h4-7,11,16H,8-10H2,1-3H3. The fourth-order valence-corrected chi connectivity index (χ4v) is 2.83. The molecule has 0 aromatic heterocycles. The Morgan fingerprint density at radius 3 is 2.59 bits per heavy atom. The summed E-state index contributed by atoms with van der Waals surface area (Å²) in [5.41, 5.74) is 1.49. The minimum absolute atomic E-state index is 0.170. The van der Waals surface area contributed by atoms with E-state index in [9.17, 15) is 0 Å². The number of anilines is 1. The Bertz CT molecular complexity index is 372. The van der Waals surface area contributed by atoms with Gasteiger partial charge in [0.1, 0.15) is 0 Å². The minimum atomic E-state index is 0.170. The van der Waals surface area contributed by atoms with Crippen molar-refractivity contribution in [3.8, 4) is 0 Å². The third-order valence-corrected chi connectivity index (χ3v) is 3.78. The summed E-state index contributed by atoms with van der Waals surface area (Å²) in [7, 11) is 0. The van der Waals surface area contributed by atoms with Crippen LogP contribution in [0.2, 0.25) is 0 Å². The molecule has 1 aromatic rings. The van der Waals surface area contributed by atoms with Crippen LogP contribution >= 0.6 is 15.9 Å². The van der Waals surface area contributed by atoms with Crippen LogP contribution in [-0.4, -0.2) is 24.7 Å². The summed E-state index contributed by atoms with van der Waals surface area (Å²) in [4.78, 5) is 2.48. The highest BCUT2D eigenvalue weighted by atomic mass is 79.9. The van der Waals surface area contributed by atoms with Crippen molar-refractivity contribution < 1.29 is 0 Å². The van der Waals surface area contributed by atoms with Crippen molar-refractivity contribution in [2.45, 2.75) is 38.8 Å². The number of hydrogen-bond donors (Lipinski definition) is 1. The monoisotopic (exact) mass is 296 g/mol. The Morgan fingerprint density at radius 1 is 1.29 bits per heavy atom. The van der Waals surface area contributed by atoms with Crippen LogP contribution < -0.4 is 10.2 Å². The van der Waals surface area contributed by atoms with E-state index in [1.807, 2.05) is 0 Å². The van der Waals surface area contributed by atoms with Crippen LogP contribution in [0, 0.1) is 0 Å². The third kappa shape index (κ3) is 3.46. The van der Waals surface area contributed by atoms with E-state index in [1.54, 1.807) is 0 Å². The summed E-state index contributed by atoms with van der Waals surface area (Å²) in [5, 5.41) is 3.68. The van der Waals surface area contributed by atoms with Gasteiger partial charge in [-0.3, -0.25) is 0 Å². The van der Waals surface area contributed by atoms with E-state index in [2.05, 4.69) is 71.2 Å². The zero-order valence-corrected chi connectivity index (χ0v) is 12.4. The minimum Gasteiger partial charge on any atom is -0.370 e. The van der Waals surface area contributed by atoms with E-state index < -0.39 is 0 Å². The molecule has 94 valence electrons. The highest BCUT2D eigenvalue weighted by Gasteiger charge is 2.27. The number of benzene rings is 1. The van der Waals surface area contributed by atoms with E-state index in [1.165, 1.54) is 12.1 Å². The lowest BCUT2D eigenvalue weighted by Crippen LogP contribution is -2.48. The van der Waals surface area contributed by atoms with Crippen molar-refractivity contribution in [2.24, 2.45) is 0 Å². The average Bonchev–Trinajstić information content (AvgIpc) is 2.37. The summed E-state index contributed by atoms with van der Waals surface area (Å²) in [5.74, 6) is 0. The number of rotatable bonds is 1. The molecule has 3 heteroatoms. The van der Waals surface area contributed by atoms with Crippen LogP contribution in [0.3, 0.4) is 0 Å². The van der Waals surface area contributed by atoms with E-state index in [-0.39, 0.29) is 5.54 Å². The molecule has 0 radical (unpaired) electrons. The maximum Gasteiger partial charge on any atom is 0.0367 e. The first kappa shape index (κ1) is 12.9. The van der Waals surface area contributed by atoms with Gasteiger partial charge in [0.25, 0.3) is 0 Å². The quantitative estimate of drug-likeness (QED) is 0.854. The van der Waals surface area contributed by atoms with Gasteiger partial charge < -0.3 is 10.2 Å². The number of nitrogens with one attached hydrogen (secondary N) is 1. The lowest BCUT2D eigenvalue weighted by atomic mass is 10.0. The van der Waals surface area contributed by atoms with Gasteiger partial charge in [-0.05, 0) is 51.5 Å². The summed E-state index contributed by atoms with van der Waals surface area (Å²) >= 11 is 3.49. The average molecular weight is 297 g/mol. The third-order valence-electron chi connectivity index (χ3n) is 3.25. The molecule has 2 rings (SSSR count). The zero-order valence-electron chi connectivity index (χ0n) is 10.8. The lowest BCUT2D eigenvalue weighted by molar-refractivity contribution is 0.368. The van der Waals surface area contributed by atoms with Crippen molar-refractivity contribution in [1.82, 2.24) is 5.32 Å². The van der Waals surface area contributed by atoms with Crippen LogP contribution in [0.15, 0.2) is 28.7 Å². The molecule has 0 spiro atoms. The second-order valence-corrected chi connectivity index (χ2v) is 6.53. The second kappa shape index (κ2) is 4.99. The molecule has 1 aliphatic rings. The summed E-state index contributed by atoms with van der Waals surface area (Å²) in [6.45, 7) is 9.01. The maximum absolute atomic E-state index is 3.68. The van der Waals surface area contributed by atoms with Gasteiger partial charge in [0.15, 0.2) is 0 Å². The first-order chi connectivity index (χ1) is 7.96. The molecule has 1 atom stereocenters. The normalized spacial score (nSPS) is 24.5. The molecule has 1 saturated heterocycles. The lowest BCUT2D eigenvalue weighted by Gasteiger charge is -2.32. The molecule has 1 fully saturated rings. The van der Waals surface area contributed by atoms with Gasteiger partial charge in [-0.15, -0.1) is 0 Å². The van der Waals surface area contributed by atoms with Crippen molar-refractivity contribution in [3.05, 3.63) is 28.7 Å². The molecule has 17 heavy (non-hydrogen) atoms. The van der Waals surface area contributed by atoms with Gasteiger partial charge in [-0.1, -0.05) is 15.9 Å². The molecule has 1 unspecified atom stereocenters. The SMILES string of the molecule is CC1CCN(c2ccc(Br)cc2)CC(C)(C)N1. The Kier molecular flexibility index (Phi) is 3.79. The Hall–Kier alpha value is -0.540. The van der Waals surface area contributed by atoms with Crippen molar-refractivity contribution >= 4 is 21.6 Å². The van der Waals surface area contributed by atoms with Crippen molar-refractivity contribution in [3.63, 3.8) is 0 Å². The van der Waals surface area contributed by atoms with Crippen LogP contribution in [0.4, 0.5) is 5.69 Å². The predicted octanol–water partition coefficient (Wildman–Crippen LogP) is 3.42. The highest BCUT2D eigenvalue weighted by molar-refractivity contribution is 9.10. The Morgan fingerprint density at radius 2 is 1.94 bits per heavy atom. The van der Waals surface area contributed by atoms with Gasteiger partial charge in [0, 0.05) is 34.8 Å². The molecule has 0 amide bonds. The van der Waals surface area contributed by atoms with Crippen molar-refractivity contribution in [2.75, 3.05) is 18.0 Å². The first-order valence-corrected chi connectivity index (χ1v) is 7.04. The molecule has 0 bridgehead atoms. The van der Waals surface area contributed by atoms with Gasteiger partial charge in [-0.2, -0.15) is 0 Å². The molecule has 1 aliphatic heterocycles. The Labute approximate surface area is 113 Å². The fraction of sp³-hybridized carbons (Fsp3) is 0.571. The van der Waals surface area contributed by atoms with Crippen LogP contribution in [0.25, 0.3) is 0 Å². The predicted molar refractivity (Wildman–Crippen MR) is 77.6 cm³/mol. The second-order valence-electron chi connectivity index (χ2n) is 5.62. The largest absolute Gasteiger partial charge is 0.370 e. The number of nitrogens with zero attached hydrogens (tertiary/aromatic N) is 1. The van der Waals surface area contributed by atoms with Gasteiger partial charge in [0.2, 0.25) is 0 Å². The summed E-state index contributed by atoms with van der Waals surface area (Å²) in [6, 6.07) is 9.20. The van der Waals surface area contributed by atoms with Crippen LogP contribution in [0.5, 0.6) is 0 Å². The topological polar surface area (TPSA) is 15.3 Å². The van der Waals surface area contributed by atoms with Crippen LogP contribution in [-0.2, 0) is 0 Å². The van der Waals surface area contributed by atoms with Crippen LogP contribution in [0.1, 0.15) is 27.2 Å². The fourth-order valence-electron chi connectivity index (χ4n) is 2.56.